The molecule has 5 heteroatoms. The summed E-state index contributed by atoms with van der Waals surface area (Å²) in [5.74, 6) is 0.514. The zero-order valence-electron chi connectivity index (χ0n) is 8.40. The van der Waals surface area contributed by atoms with E-state index in [4.69, 9.17) is 5.73 Å². The van der Waals surface area contributed by atoms with Gasteiger partial charge in [0.15, 0.2) is 5.65 Å². The van der Waals surface area contributed by atoms with E-state index in [2.05, 4.69) is 10.1 Å². The molecule has 0 saturated heterocycles. The molecule has 0 aliphatic rings. The van der Waals surface area contributed by atoms with Crippen molar-refractivity contribution in [1.82, 2.24) is 14.6 Å². The fourth-order valence-corrected chi connectivity index (χ4v) is 1.39. The third-order valence-corrected chi connectivity index (χ3v) is 2.39. The second-order valence-corrected chi connectivity index (χ2v) is 3.25. The predicted molar refractivity (Wildman–Crippen MR) is 58.9 cm³/mol. The molecule has 0 saturated carbocycles. The van der Waals surface area contributed by atoms with Crippen molar-refractivity contribution in [3.8, 4) is 0 Å². The predicted octanol–water partition coefficient (Wildman–Crippen LogP) is 1.66. The maximum absolute atomic E-state index is 5.59. The first-order valence-electron chi connectivity index (χ1n) is 4.18. The fourth-order valence-electron chi connectivity index (χ4n) is 1.39. The first-order valence-corrected chi connectivity index (χ1v) is 4.18. The van der Waals surface area contributed by atoms with Crippen molar-refractivity contribution < 1.29 is 0 Å². The summed E-state index contributed by atoms with van der Waals surface area (Å²) in [6.45, 7) is 6.05. The number of rotatable bonds is 0. The van der Waals surface area contributed by atoms with Crippen LogP contribution >= 0.6 is 12.4 Å². The number of hydrogen-bond acceptors (Lipinski definition) is 3. The Bertz CT molecular complexity index is 475. The Labute approximate surface area is 88.5 Å². The second-order valence-electron chi connectivity index (χ2n) is 3.25. The molecule has 2 aromatic rings. The zero-order valence-corrected chi connectivity index (χ0v) is 9.22. The highest BCUT2D eigenvalue weighted by atomic mass is 35.5. The number of aromatic nitrogens is 3. The largest absolute Gasteiger partial charge is 0.382 e. The SMILES string of the molecule is Cc1nc2cc(N)nn2c(C)c1C.Cl. The lowest BCUT2D eigenvalue weighted by atomic mass is 10.2. The van der Waals surface area contributed by atoms with Gasteiger partial charge in [0.05, 0.1) is 0 Å². The average Bonchev–Trinajstić information content (AvgIpc) is 2.42. The normalized spacial score (nSPS) is 10.2. The summed E-state index contributed by atoms with van der Waals surface area (Å²) in [5, 5.41) is 4.15. The van der Waals surface area contributed by atoms with Crippen LogP contribution in [0.2, 0.25) is 0 Å². The number of nitrogen functional groups attached to an aromatic ring is 1. The maximum Gasteiger partial charge on any atom is 0.157 e. The van der Waals surface area contributed by atoms with Crippen LogP contribution in [0.15, 0.2) is 6.07 Å². The van der Waals surface area contributed by atoms with Crippen molar-refractivity contribution in [2.75, 3.05) is 5.73 Å². The van der Waals surface area contributed by atoms with Crippen molar-refractivity contribution >= 4 is 23.9 Å². The van der Waals surface area contributed by atoms with Gasteiger partial charge in [-0.05, 0) is 26.3 Å². The lowest BCUT2D eigenvalue weighted by molar-refractivity contribution is 0.874. The van der Waals surface area contributed by atoms with E-state index in [1.54, 1.807) is 10.6 Å². The molecular weight excluding hydrogens is 200 g/mol. The van der Waals surface area contributed by atoms with Crippen LogP contribution in [-0.2, 0) is 0 Å². The van der Waals surface area contributed by atoms with Crippen molar-refractivity contribution in [2.24, 2.45) is 0 Å². The average molecular weight is 213 g/mol. The van der Waals surface area contributed by atoms with Crippen molar-refractivity contribution in [3.05, 3.63) is 23.0 Å². The molecule has 0 atom stereocenters. The molecule has 14 heavy (non-hydrogen) atoms. The molecule has 76 valence electrons. The summed E-state index contributed by atoms with van der Waals surface area (Å²) >= 11 is 0. The number of nitrogens with two attached hydrogens (primary N) is 1. The summed E-state index contributed by atoms with van der Waals surface area (Å²) < 4.78 is 1.78. The van der Waals surface area contributed by atoms with Crippen LogP contribution in [0.3, 0.4) is 0 Å². The van der Waals surface area contributed by atoms with Gasteiger partial charge < -0.3 is 5.73 Å². The first kappa shape index (κ1) is 10.8. The van der Waals surface area contributed by atoms with Crippen LogP contribution in [0.1, 0.15) is 17.0 Å². The Morgan fingerprint density at radius 1 is 1.29 bits per heavy atom. The molecule has 4 nitrogen and oxygen atoms in total. The van der Waals surface area contributed by atoms with E-state index in [0.717, 1.165) is 22.6 Å². The Kier molecular flexibility index (Phi) is 2.66. The van der Waals surface area contributed by atoms with Crippen LogP contribution in [0.25, 0.3) is 5.65 Å². The summed E-state index contributed by atoms with van der Waals surface area (Å²) in [6.07, 6.45) is 0. The zero-order chi connectivity index (χ0) is 9.59. The third-order valence-electron chi connectivity index (χ3n) is 2.39. The Balaban J connectivity index is 0.000000980. The molecule has 0 aromatic carbocycles. The number of hydrogen-bond donors (Lipinski definition) is 1. The summed E-state index contributed by atoms with van der Waals surface area (Å²) in [4.78, 5) is 4.38. The van der Waals surface area contributed by atoms with Gasteiger partial charge in [-0.25, -0.2) is 9.50 Å². The number of halogens is 1. The molecule has 0 bridgehead atoms. The van der Waals surface area contributed by atoms with Gasteiger partial charge in [-0.1, -0.05) is 0 Å². The molecule has 0 radical (unpaired) electrons. The summed E-state index contributed by atoms with van der Waals surface area (Å²) in [7, 11) is 0. The maximum atomic E-state index is 5.59. The van der Waals surface area contributed by atoms with Gasteiger partial charge in [-0.15, -0.1) is 17.5 Å². The van der Waals surface area contributed by atoms with Crippen molar-refractivity contribution in [3.63, 3.8) is 0 Å². The van der Waals surface area contributed by atoms with Crippen LogP contribution in [-0.4, -0.2) is 14.6 Å². The smallest absolute Gasteiger partial charge is 0.157 e. The van der Waals surface area contributed by atoms with Crippen LogP contribution in [0.5, 0.6) is 0 Å². The highest BCUT2D eigenvalue weighted by Crippen LogP contribution is 2.14. The molecule has 2 N–H and O–H groups in total. The van der Waals surface area contributed by atoms with Gasteiger partial charge >= 0.3 is 0 Å². The van der Waals surface area contributed by atoms with E-state index >= 15 is 0 Å². The minimum absolute atomic E-state index is 0. The molecule has 2 heterocycles. The Hall–Kier alpha value is -1.29. The Morgan fingerprint density at radius 3 is 2.57 bits per heavy atom. The van der Waals surface area contributed by atoms with E-state index in [9.17, 15) is 0 Å². The van der Waals surface area contributed by atoms with Crippen LogP contribution in [0, 0.1) is 20.8 Å². The van der Waals surface area contributed by atoms with Gasteiger partial charge in [0.25, 0.3) is 0 Å². The monoisotopic (exact) mass is 212 g/mol. The van der Waals surface area contributed by atoms with Crippen LogP contribution < -0.4 is 5.73 Å². The van der Waals surface area contributed by atoms with Crippen molar-refractivity contribution in [1.29, 1.82) is 0 Å². The lowest BCUT2D eigenvalue weighted by Crippen LogP contribution is -2.01. The third kappa shape index (κ3) is 1.42. The topological polar surface area (TPSA) is 56.2 Å². The molecule has 2 aromatic heterocycles. The minimum Gasteiger partial charge on any atom is -0.382 e. The minimum atomic E-state index is 0. The lowest BCUT2D eigenvalue weighted by Gasteiger charge is -2.05. The quantitative estimate of drug-likeness (QED) is 0.723. The number of fused-ring (bicyclic) bond motifs is 1. The molecule has 2 rings (SSSR count). The fraction of sp³-hybridized carbons (Fsp3) is 0.333. The Morgan fingerprint density at radius 2 is 1.93 bits per heavy atom. The molecule has 0 amide bonds. The van der Waals surface area contributed by atoms with E-state index < -0.39 is 0 Å². The van der Waals surface area contributed by atoms with Gasteiger partial charge in [0, 0.05) is 17.5 Å². The number of aryl methyl sites for hydroxylation is 2. The first-order chi connectivity index (χ1) is 6.09. The molecule has 0 fully saturated rings. The van der Waals surface area contributed by atoms with Crippen LogP contribution in [0.4, 0.5) is 5.82 Å². The number of anilines is 1. The molecule has 0 aliphatic carbocycles. The van der Waals surface area contributed by atoms with Gasteiger partial charge in [0.1, 0.15) is 5.82 Å². The summed E-state index contributed by atoms with van der Waals surface area (Å²) in [6, 6.07) is 1.78. The molecule has 0 aliphatic heterocycles. The second kappa shape index (κ2) is 3.46. The highest BCUT2D eigenvalue weighted by Gasteiger charge is 2.06. The standard InChI is InChI=1S/C9H12N4.ClH/c1-5-6(2)11-9-4-8(10)12-13(9)7(5)3;/h4H,1-3H3,(H2,10,12);1H. The van der Waals surface area contributed by atoms with Gasteiger partial charge in [-0.2, -0.15) is 0 Å². The van der Waals surface area contributed by atoms with Crippen molar-refractivity contribution in [2.45, 2.75) is 20.8 Å². The molecular formula is C9H13ClN4. The van der Waals surface area contributed by atoms with E-state index in [1.807, 2.05) is 20.8 Å². The van der Waals surface area contributed by atoms with Gasteiger partial charge in [0.2, 0.25) is 0 Å². The highest BCUT2D eigenvalue weighted by molar-refractivity contribution is 5.85. The number of nitrogens with zero attached hydrogens (tertiary/aromatic N) is 3. The van der Waals surface area contributed by atoms with E-state index in [-0.39, 0.29) is 12.4 Å². The van der Waals surface area contributed by atoms with Gasteiger partial charge in [-0.3, -0.25) is 0 Å². The van der Waals surface area contributed by atoms with E-state index in [1.165, 1.54) is 0 Å². The molecule has 0 spiro atoms. The molecule has 0 unspecified atom stereocenters. The summed E-state index contributed by atoms with van der Waals surface area (Å²) in [5.41, 5.74) is 9.70. The van der Waals surface area contributed by atoms with E-state index in [0.29, 0.717) is 5.82 Å².